The number of hydrogen-bond donors (Lipinski definition) is 2. The fraction of sp³-hybridized carbons (Fsp3) is 0.263. The number of nitrogens with one attached hydrogen (secondary N) is 1. The van der Waals surface area contributed by atoms with Crippen LogP contribution in [-0.2, 0) is 21.5 Å². The van der Waals surface area contributed by atoms with Crippen LogP contribution in [0.25, 0.3) is 0 Å². The molecular formula is C19H17F4NO4. The molecule has 2 N–H and O–H groups in total. The minimum absolute atomic E-state index is 0.0674. The molecule has 150 valence electrons. The molecule has 9 heteroatoms. The third-order valence-corrected chi connectivity index (χ3v) is 3.90. The van der Waals surface area contributed by atoms with Gasteiger partial charge in [-0.1, -0.05) is 24.3 Å². The summed E-state index contributed by atoms with van der Waals surface area (Å²) in [6.07, 6.45) is -4.78. The fourth-order valence-electron chi connectivity index (χ4n) is 2.45. The van der Waals surface area contributed by atoms with Crippen molar-refractivity contribution in [1.82, 2.24) is 5.32 Å². The number of carbonyl (C=O) groups is 2. The lowest BCUT2D eigenvalue weighted by molar-refractivity contribution is -0.153. The predicted molar refractivity (Wildman–Crippen MR) is 91.2 cm³/mol. The third kappa shape index (κ3) is 5.70. The van der Waals surface area contributed by atoms with Crippen LogP contribution in [0.1, 0.15) is 18.1 Å². The minimum Gasteiger partial charge on any atom is -0.484 e. The topological polar surface area (TPSA) is 75.6 Å². The SMILES string of the molecule is CC(NC(=O)Cc1cccc(OCC(F)(F)F)c1)(C(=O)O)c1ccc(F)cc1. The summed E-state index contributed by atoms with van der Waals surface area (Å²) in [5.74, 6) is -2.66. The quantitative estimate of drug-likeness (QED) is 0.700. The summed E-state index contributed by atoms with van der Waals surface area (Å²) in [7, 11) is 0. The largest absolute Gasteiger partial charge is 0.484 e. The van der Waals surface area contributed by atoms with Crippen LogP contribution in [0.3, 0.4) is 0 Å². The fourth-order valence-corrected chi connectivity index (χ4v) is 2.45. The summed E-state index contributed by atoms with van der Waals surface area (Å²) in [5.41, 5.74) is -1.31. The van der Waals surface area contributed by atoms with Crippen LogP contribution in [0, 0.1) is 5.82 Å². The number of carboxylic acids is 1. The van der Waals surface area contributed by atoms with E-state index in [1.165, 1.54) is 43.3 Å². The number of hydrogen-bond acceptors (Lipinski definition) is 3. The summed E-state index contributed by atoms with van der Waals surface area (Å²) < 4.78 is 54.4. The molecule has 0 radical (unpaired) electrons. The highest BCUT2D eigenvalue weighted by Gasteiger charge is 2.37. The molecule has 2 aromatic rings. The van der Waals surface area contributed by atoms with Gasteiger partial charge in [0.15, 0.2) is 12.1 Å². The molecule has 5 nitrogen and oxygen atoms in total. The summed E-state index contributed by atoms with van der Waals surface area (Å²) in [5, 5.41) is 11.9. The van der Waals surface area contributed by atoms with Gasteiger partial charge in [0.05, 0.1) is 6.42 Å². The molecule has 0 aliphatic carbocycles. The molecule has 0 spiro atoms. The van der Waals surface area contributed by atoms with Crippen LogP contribution < -0.4 is 10.1 Å². The van der Waals surface area contributed by atoms with Crippen LogP contribution in [-0.4, -0.2) is 29.8 Å². The lowest BCUT2D eigenvalue weighted by atomic mass is 9.91. The van der Waals surface area contributed by atoms with Crippen molar-refractivity contribution >= 4 is 11.9 Å². The van der Waals surface area contributed by atoms with Crippen molar-refractivity contribution in [3.05, 3.63) is 65.5 Å². The highest BCUT2D eigenvalue weighted by Crippen LogP contribution is 2.23. The summed E-state index contributed by atoms with van der Waals surface area (Å²) in [6.45, 7) is -0.215. The van der Waals surface area contributed by atoms with Gasteiger partial charge in [-0.2, -0.15) is 13.2 Å². The van der Waals surface area contributed by atoms with Gasteiger partial charge in [0.2, 0.25) is 5.91 Å². The van der Waals surface area contributed by atoms with Crippen molar-refractivity contribution in [3.63, 3.8) is 0 Å². The second-order valence-corrected chi connectivity index (χ2v) is 6.21. The van der Waals surface area contributed by atoms with Crippen molar-refractivity contribution < 1.29 is 37.0 Å². The Morgan fingerprint density at radius 3 is 2.32 bits per heavy atom. The zero-order valence-electron chi connectivity index (χ0n) is 14.7. The monoisotopic (exact) mass is 399 g/mol. The Hall–Kier alpha value is -3.10. The molecule has 0 aliphatic heterocycles. The molecule has 1 atom stereocenters. The molecule has 2 rings (SSSR count). The first-order chi connectivity index (χ1) is 13.0. The Morgan fingerprint density at radius 1 is 1.11 bits per heavy atom. The van der Waals surface area contributed by atoms with E-state index in [0.29, 0.717) is 5.56 Å². The van der Waals surface area contributed by atoms with Gasteiger partial charge in [0, 0.05) is 0 Å². The average Bonchev–Trinajstić information content (AvgIpc) is 2.60. The summed E-state index contributed by atoms with van der Waals surface area (Å²) in [4.78, 5) is 24.0. The van der Waals surface area contributed by atoms with E-state index in [4.69, 9.17) is 0 Å². The first-order valence-corrected chi connectivity index (χ1v) is 8.08. The Morgan fingerprint density at radius 2 is 1.75 bits per heavy atom. The van der Waals surface area contributed by atoms with Crippen molar-refractivity contribution in [1.29, 1.82) is 0 Å². The minimum atomic E-state index is -4.49. The number of halogens is 4. The van der Waals surface area contributed by atoms with Crippen LogP contribution in [0.2, 0.25) is 0 Å². The standard InChI is InChI=1S/C19H17F4NO4/c1-18(17(26)27,13-5-7-14(20)8-6-13)24-16(25)10-12-3-2-4-15(9-12)28-11-19(21,22)23/h2-9H,10-11H2,1H3,(H,24,25)(H,26,27). The molecule has 0 saturated carbocycles. The highest BCUT2D eigenvalue weighted by molar-refractivity contribution is 5.88. The normalized spacial score (nSPS) is 13.5. The maximum absolute atomic E-state index is 13.1. The molecule has 1 amide bonds. The molecule has 2 aromatic carbocycles. The van der Waals surface area contributed by atoms with Gasteiger partial charge >= 0.3 is 12.1 Å². The van der Waals surface area contributed by atoms with E-state index < -0.39 is 36.0 Å². The van der Waals surface area contributed by atoms with Crippen molar-refractivity contribution in [2.24, 2.45) is 0 Å². The molecule has 0 heterocycles. The van der Waals surface area contributed by atoms with E-state index in [1.54, 1.807) is 0 Å². The Kier molecular flexibility index (Phi) is 6.27. The first-order valence-electron chi connectivity index (χ1n) is 8.08. The lowest BCUT2D eigenvalue weighted by Crippen LogP contribution is -2.50. The maximum atomic E-state index is 13.1. The van der Waals surface area contributed by atoms with Crippen LogP contribution >= 0.6 is 0 Å². The number of ether oxygens (including phenoxy) is 1. The van der Waals surface area contributed by atoms with Crippen molar-refractivity contribution in [2.75, 3.05) is 6.61 Å². The molecule has 28 heavy (non-hydrogen) atoms. The number of aliphatic carboxylic acids is 1. The van der Waals surface area contributed by atoms with E-state index in [-0.39, 0.29) is 17.7 Å². The second kappa shape index (κ2) is 8.28. The number of alkyl halides is 3. The number of benzene rings is 2. The van der Waals surface area contributed by atoms with Crippen LogP contribution in [0.5, 0.6) is 5.75 Å². The van der Waals surface area contributed by atoms with E-state index >= 15 is 0 Å². The van der Waals surface area contributed by atoms with Gasteiger partial charge in [-0.3, -0.25) is 4.79 Å². The van der Waals surface area contributed by atoms with E-state index in [9.17, 15) is 32.3 Å². The zero-order chi connectivity index (χ0) is 20.9. The predicted octanol–water partition coefficient (Wildman–Crippen LogP) is 3.43. The number of carboxylic acid groups (broad SMARTS) is 1. The molecule has 0 fully saturated rings. The molecule has 0 aromatic heterocycles. The molecule has 0 aliphatic rings. The number of rotatable bonds is 7. The first kappa shape index (κ1) is 21.2. The zero-order valence-corrected chi connectivity index (χ0v) is 14.7. The van der Waals surface area contributed by atoms with Crippen molar-refractivity contribution in [3.8, 4) is 5.75 Å². The van der Waals surface area contributed by atoms with E-state index in [0.717, 1.165) is 12.1 Å². The smallest absolute Gasteiger partial charge is 0.422 e. The summed E-state index contributed by atoms with van der Waals surface area (Å²) >= 11 is 0. The lowest BCUT2D eigenvalue weighted by Gasteiger charge is -2.27. The highest BCUT2D eigenvalue weighted by atomic mass is 19.4. The molecule has 0 saturated heterocycles. The summed E-state index contributed by atoms with van der Waals surface area (Å²) in [6, 6.07) is 10.1. The molecule has 0 bridgehead atoms. The van der Waals surface area contributed by atoms with Crippen LogP contribution in [0.4, 0.5) is 17.6 Å². The van der Waals surface area contributed by atoms with Gasteiger partial charge < -0.3 is 15.2 Å². The molecular weight excluding hydrogens is 382 g/mol. The maximum Gasteiger partial charge on any atom is 0.422 e. The van der Waals surface area contributed by atoms with E-state index in [1.807, 2.05) is 0 Å². The van der Waals surface area contributed by atoms with Gasteiger partial charge in [0.25, 0.3) is 0 Å². The van der Waals surface area contributed by atoms with Crippen molar-refractivity contribution in [2.45, 2.75) is 25.1 Å². The number of carbonyl (C=O) groups excluding carboxylic acids is 1. The Bertz CT molecular complexity index is 852. The van der Waals surface area contributed by atoms with Gasteiger partial charge in [0.1, 0.15) is 11.6 Å². The Labute approximate surface area is 157 Å². The average molecular weight is 399 g/mol. The number of amides is 1. The van der Waals surface area contributed by atoms with Gasteiger partial charge in [-0.25, -0.2) is 9.18 Å². The second-order valence-electron chi connectivity index (χ2n) is 6.21. The van der Waals surface area contributed by atoms with Gasteiger partial charge in [-0.05, 0) is 42.3 Å². The Balaban J connectivity index is 2.11. The van der Waals surface area contributed by atoms with Crippen LogP contribution in [0.15, 0.2) is 48.5 Å². The molecule has 1 unspecified atom stereocenters. The van der Waals surface area contributed by atoms with Gasteiger partial charge in [-0.15, -0.1) is 0 Å². The third-order valence-electron chi connectivity index (χ3n) is 3.90. The van der Waals surface area contributed by atoms with E-state index in [2.05, 4.69) is 10.1 Å².